The molecule has 0 unspecified atom stereocenters. The number of rotatable bonds is 2. The average molecular weight is 336 g/mol. The predicted octanol–water partition coefficient (Wildman–Crippen LogP) is 4.68. The quantitative estimate of drug-likeness (QED) is 0.618. The van der Waals surface area contributed by atoms with E-state index in [0.717, 1.165) is 0 Å². The molecule has 0 heterocycles. The maximum atomic E-state index is 12.7. The van der Waals surface area contributed by atoms with E-state index in [9.17, 15) is 26.3 Å². The molecule has 0 fully saturated rings. The van der Waals surface area contributed by atoms with Crippen LogP contribution < -0.4 is 16.2 Å². The SMILES string of the molecule is Nc1ccc(Oc2cc(C(F)(F)F)cc(C(F)(F)F)c2)c(N)c1. The van der Waals surface area contributed by atoms with Crippen molar-refractivity contribution >= 4 is 11.4 Å². The zero-order chi connectivity index (χ0) is 17.4. The van der Waals surface area contributed by atoms with Gasteiger partial charge >= 0.3 is 12.4 Å². The third-order valence-electron chi connectivity index (χ3n) is 2.82. The number of halogens is 6. The van der Waals surface area contributed by atoms with Crippen LogP contribution in [-0.4, -0.2) is 0 Å². The third-order valence-corrected chi connectivity index (χ3v) is 2.82. The lowest BCUT2D eigenvalue weighted by Gasteiger charge is -2.15. The van der Waals surface area contributed by atoms with Crippen LogP contribution in [0.2, 0.25) is 0 Å². The van der Waals surface area contributed by atoms with Crippen molar-refractivity contribution < 1.29 is 31.1 Å². The topological polar surface area (TPSA) is 61.3 Å². The molecule has 124 valence electrons. The maximum Gasteiger partial charge on any atom is 0.416 e. The second kappa shape index (κ2) is 5.56. The van der Waals surface area contributed by atoms with Crippen molar-refractivity contribution in [2.75, 3.05) is 11.5 Å². The summed E-state index contributed by atoms with van der Waals surface area (Å²) >= 11 is 0. The summed E-state index contributed by atoms with van der Waals surface area (Å²) in [4.78, 5) is 0. The summed E-state index contributed by atoms with van der Waals surface area (Å²) in [6.07, 6.45) is -9.90. The summed E-state index contributed by atoms with van der Waals surface area (Å²) in [5, 5.41) is 0. The minimum Gasteiger partial charge on any atom is -0.455 e. The van der Waals surface area contributed by atoms with Gasteiger partial charge in [0.25, 0.3) is 0 Å². The molecule has 2 aromatic rings. The number of nitrogens with two attached hydrogens (primary N) is 2. The first-order chi connectivity index (χ1) is 10.5. The largest absolute Gasteiger partial charge is 0.455 e. The van der Waals surface area contributed by atoms with E-state index in [1.165, 1.54) is 18.2 Å². The van der Waals surface area contributed by atoms with E-state index in [1.54, 1.807) is 0 Å². The number of ether oxygens (including phenoxy) is 1. The van der Waals surface area contributed by atoms with E-state index in [0.29, 0.717) is 12.1 Å². The molecule has 0 spiro atoms. The van der Waals surface area contributed by atoms with Crippen LogP contribution in [0.1, 0.15) is 11.1 Å². The highest BCUT2D eigenvalue weighted by Gasteiger charge is 2.37. The van der Waals surface area contributed by atoms with Gasteiger partial charge in [-0.15, -0.1) is 0 Å². The van der Waals surface area contributed by atoms with Crippen molar-refractivity contribution in [3.8, 4) is 11.5 Å². The smallest absolute Gasteiger partial charge is 0.416 e. The molecule has 0 aliphatic heterocycles. The van der Waals surface area contributed by atoms with Crippen molar-refractivity contribution in [1.29, 1.82) is 0 Å². The molecule has 23 heavy (non-hydrogen) atoms. The fourth-order valence-electron chi connectivity index (χ4n) is 1.77. The third kappa shape index (κ3) is 3.99. The molecule has 9 heteroatoms. The standard InChI is InChI=1S/C14H10F6N2O/c15-13(16,17)7-3-8(14(18,19)20)5-10(4-7)23-12-2-1-9(21)6-11(12)22/h1-6H,21-22H2. The van der Waals surface area contributed by atoms with Gasteiger partial charge in [-0.2, -0.15) is 26.3 Å². The van der Waals surface area contributed by atoms with E-state index >= 15 is 0 Å². The van der Waals surface area contributed by atoms with Gasteiger partial charge < -0.3 is 16.2 Å². The molecule has 0 radical (unpaired) electrons. The minimum atomic E-state index is -4.95. The number of hydrogen-bond donors (Lipinski definition) is 2. The highest BCUT2D eigenvalue weighted by molar-refractivity contribution is 5.61. The normalized spacial score (nSPS) is 12.3. The molecule has 0 aliphatic carbocycles. The van der Waals surface area contributed by atoms with Gasteiger partial charge in [-0.1, -0.05) is 0 Å². The molecule has 0 atom stereocenters. The van der Waals surface area contributed by atoms with Crippen molar-refractivity contribution in [1.82, 2.24) is 0 Å². The van der Waals surface area contributed by atoms with Crippen molar-refractivity contribution in [3.63, 3.8) is 0 Å². The Morgan fingerprint density at radius 2 is 1.26 bits per heavy atom. The number of alkyl halides is 6. The number of hydrogen-bond acceptors (Lipinski definition) is 3. The van der Waals surface area contributed by atoms with E-state index in [-0.39, 0.29) is 23.2 Å². The molecule has 0 bridgehead atoms. The van der Waals surface area contributed by atoms with Gasteiger partial charge in [0.15, 0.2) is 0 Å². The zero-order valence-electron chi connectivity index (χ0n) is 11.3. The Balaban J connectivity index is 2.49. The lowest BCUT2D eigenvalue weighted by molar-refractivity contribution is -0.143. The molecule has 3 nitrogen and oxygen atoms in total. The Morgan fingerprint density at radius 3 is 1.70 bits per heavy atom. The van der Waals surface area contributed by atoms with Gasteiger partial charge in [0.2, 0.25) is 0 Å². The molecule has 0 aromatic heterocycles. The highest BCUT2D eigenvalue weighted by atomic mass is 19.4. The van der Waals surface area contributed by atoms with E-state index in [1.807, 2.05) is 0 Å². The van der Waals surface area contributed by atoms with E-state index in [4.69, 9.17) is 16.2 Å². The molecule has 2 rings (SSSR count). The predicted molar refractivity (Wildman–Crippen MR) is 71.8 cm³/mol. The lowest BCUT2D eigenvalue weighted by atomic mass is 10.1. The fourth-order valence-corrected chi connectivity index (χ4v) is 1.77. The summed E-state index contributed by atoms with van der Waals surface area (Å²) in [5.41, 5.74) is 8.32. The first-order valence-electron chi connectivity index (χ1n) is 6.09. The van der Waals surface area contributed by atoms with Crippen LogP contribution >= 0.6 is 0 Å². The van der Waals surface area contributed by atoms with Crippen LogP contribution in [0, 0.1) is 0 Å². The number of anilines is 2. The Labute approximate surface area is 126 Å². The number of nitrogen functional groups attached to an aromatic ring is 2. The first kappa shape index (κ1) is 16.8. The van der Waals surface area contributed by atoms with Crippen LogP contribution in [0.5, 0.6) is 11.5 Å². The second-order valence-corrected chi connectivity index (χ2v) is 4.64. The molecule has 0 saturated heterocycles. The van der Waals surface area contributed by atoms with E-state index in [2.05, 4.69) is 0 Å². The number of benzene rings is 2. The maximum absolute atomic E-state index is 12.7. The lowest BCUT2D eigenvalue weighted by Crippen LogP contribution is -2.11. The molecular formula is C14H10F6N2O. The van der Waals surface area contributed by atoms with Gasteiger partial charge in [0.05, 0.1) is 16.8 Å². The van der Waals surface area contributed by atoms with Crippen molar-refractivity contribution in [3.05, 3.63) is 47.5 Å². The van der Waals surface area contributed by atoms with Crippen LogP contribution in [0.25, 0.3) is 0 Å². The van der Waals surface area contributed by atoms with Gasteiger partial charge in [-0.25, -0.2) is 0 Å². The van der Waals surface area contributed by atoms with Crippen LogP contribution in [0.4, 0.5) is 37.7 Å². The minimum absolute atomic E-state index is 0.0131. The Kier molecular flexibility index (Phi) is 4.06. The van der Waals surface area contributed by atoms with Crippen LogP contribution in [0.15, 0.2) is 36.4 Å². The summed E-state index contributed by atoms with van der Waals surface area (Å²) in [7, 11) is 0. The van der Waals surface area contributed by atoms with Gasteiger partial charge in [0, 0.05) is 5.69 Å². The monoisotopic (exact) mass is 336 g/mol. The van der Waals surface area contributed by atoms with Gasteiger partial charge in [-0.05, 0) is 36.4 Å². The zero-order valence-corrected chi connectivity index (χ0v) is 11.3. The molecule has 2 aromatic carbocycles. The van der Waals surface area contributed by atoms with E-state index < -0.39 is 29.2 Å². The van der Waals surface area contributed by atoms with Crippen LogP contribution in [-0.2, 0) is 12.4 Å². The Bertz CT molecular complexity index is 692. The highest BCUT2D eigenvalue weighted by Crippen LogP contribution is 2.39. The van der Waals surface area contributed by atoms with Crippen molar-refractivity contribution in [2.45, 2.75) is 12.4 Å². The molecule has 4 N–H and O–H groups in total. The Morgan fingerprint density at radius 1 is 0.739 bits per heavy atom. The first-order valence-corrected chi connectivity index (χ1v) is 6.09. The average Bonchev–Trinajstić information content (AvgIpc) is 2.40. The molecule has 0 aliphatic rings. The summed E-state index contributed by atoms with van der Waals surface area (Å²) < 4.78 is 81.5. The molecular weight excluding hydrogens is 326 g/mol. The molecule has 0 amide bonds. The Hall–Kier alpha value is -2.58. The summed E-state index contributed by atoms with van der Waals surface area (Å²) in [6, 6.07) is 4.81. The summed E-state index contributed by atoms with van der Waals surface area (Å²) in [5.74, 6) is -0.740. The van der Waals surface area contributed by atoms with Gasteiger partial charge in [0.1, 0.15) is 11.5 Å². The van der Waals surface area contributed by atoms with Crippen molar-refractivity contribution in [2.24, 2.45) is 0 Å². The summed E-state index contributed by atoms with van der Waals surface area (Å²) in [6.45, 7) is 0. The van der Waals surface area contributed by atoms with Gasteiger partial charge in [-0.3, -0.25) is 0 Å². The van der Waals surface area contributed by atoms with Crippen LogP contribution in [0.3, 0.4) is 0 Å². The second-order valence-electron chi connectivity index (χ2n) is 4.64. The molecule has 0 saturated carbocycles. The fraction of sp³-hybridized carbons (Fsp3) is 0.143.